The molecule has 0 spiro atoms. The van der Waals surface area contributed by atoms with Gasteiger partial charge < -0.3 is 15.4 Å². The highest BCUT2D eigenvalue weighted by molar-refractivity contribution is 5.30. The van der Waals surface area contributed by atoms with Crippen molar-refractivity contribution in [3.05, 3.63) is 29.8 Å². The molecule has 0 bridgehead atoms. The summed E-state index contributed by atoms with van der Waals surface area (Å²) in [6.07, 6.45) is 0. The fourth-order valence-corrected chi connectivity index (χ4v) is 1.75. The Labute approximate surface area is 84.5 Å². The van der Waals surface area contributed by atoms with Crippen molar-refractivity contribution < 1.29 is 4.74 Å². The van der Waals surface area contributed by atoms with E-state index < -0.39 is 0 Å². The van der Waals surface area contributed by atoms with Gasteiger partial charge in [-0.1, -0.05) is 12.1 Å². The van der Waals surface area contributed by atoms with Crippen molar-refractivity contribution in [2.75, 3.05) is 26.7 Å². The molecule has 3 heteroatoms. The molecule has 1 aliphatic rings. The second-order valence-corrected chi connectivity index (χ2v) is 3.49. The van der Waals surface area contributed by atoms with Gasteiger partial charge in [-0.3, -0.25) is 0 Å². The van der Waals surface area contributed by atoms with Gasteiger partial charge in [0.2, 0.25) is 0 Å². The highest BCUT2D eigenvalue weighted by Crippen LogP contribution is 2.19. The van der Waals surface area contributed by atoms with Crippen LogP contribution in [-0.2, 0) is 0 Å². The summed E-state index contributed by atoms with van der Waals surface area (Å²) in [6, 6.07) is 8.64. The molecule has 14 heavy (non-hydrogen) atoms. The van der Waals surface area contributed by atoms with E-state index >= 15 is 0 Å². The highest BCUT2D eigenvalue weighted by Gasteiger charge is 2.13. The van der Waals surface area contributed by atoms with E-state index in [9.17, 15) is 0 Å². The van der Waals surface area contributed by atoms with Crippen molar-refractivity contribution in [1.29, 1.82) is 0 Å². The maximum atomic E-state index is 5.20. The minimum atomic E-state index is 0.416. The van der Waals surface area contributed by atoms with E-state index in [1.165, 1.54) is 5.56 Å². The third-order valence-electron chi connectivity index (χ3n) is 2.54. The van der Waals surface area contributed by atoms with Gasteiger partial charge in [0.05, 0.1) is 7.11 Å². The Kier molecular flexibility index (Phi) is 3.01. The third-order valence-corrected chi connectivity index (χ3v) is 2.54. The van der Waals surface area contributed by atoms with Gasteiger partial charge in [-0.2, -0.15) is 0 Å². The second kappa shape index (κ2) is 4.44. The number of rotatable bonds is 2. The molecule has 0 aliphatic carbocycles. The van der Waals surface area contributed by atoms with E-state index in [1.807, 2.05) is 12.1 Å². The first-order chi connectivity index (χ1) is 6.90. The molecular formula is C11H16N2O. The lowest BCUT2D eigenvalue weighted by atomic mass is 10.1. The molecule has 76 valence electrons. The normalized spacial score (nSPS) is 21.9. The standard InChI is InChI=1S/C11H16N2O/c1-14-10-4-2-3-9(7-10)11-8-12-5-6-13-11/h2-4,7,11-13H,5-6,8H2,1H3. The molecule has 1 aliphatic heterocycles. The lowest BCUT2D eigenvalue weighted by Crippen LogP contribution is -2.42. The fraction of sp³-hybridized carbons (Fsp3) is 0.455. The Hall–Kier alpha value is -1.06. The van der Waals surface area contributed by atoms with Crippen LogP contribution in [-0.4, -0.2) is 26.7 Å². The SMILES string of the molecule is COc1cccc(C2CNCCN2)c1. The quantitative estimate of drug-likeness (QED) is 0.731. The van der Waals surface area contributed by atoms with Crippen LogP contribution in [0.25, 0.3) is 0 Å². The van der Waals surface area contributed by atoms with Crippen LogP contribution in [0.4, 0.5) is 0 Å². The molecule has 0 radical (unpaired) electrons. The Morgan fingerprint density at radius 1 is 1.36 bits per heavy atom. The van der Waals surface area contributed by atoms with Gasteiger partial charge in [0.25, 0.3) is 0 Å². The molecule has 2 rings (SSSR count). The van der Waals surface area contributed by atoms with Crippen LogP contribution in [0.1, 0.15) is 11.6 Å². The maximum Gasteiger partial charge on any atom is 0.119 e. The molecule has 0 aromatic heterocycles. The zero-order valence-electron chi connectivity index (χ0n) is 8.42. The topological polar surface area (TPSA) is 33.3 Å². The number of benzene rings is 1. The lowest BCUT2D eigenvalue weighted by Gasteiger charge is -2.25. The van der Waals surface area contributed by atoms with E-state index in [-0.39, 0.29) is 0 Å². The van der Waals surface area contributed by atoms with Crippen molar-refractivity contribution in [3.63, 3.8) is 0 Å². The lowest BCUT2D eigenvalue weighted by molar-refractivity contribution is 0.407. The average molecular weight is 192 g/mol. The third kappa shape index (κ3) is 2.05. The predicted molar refractivity (Wildman–Crippen MR) is 56.6 cm³/mol. The molecule has 2 N–H and O–H groups in total. The fourth-order valence-electron chi connectivity index (χ4n) is 1.75. The molecule has 1 atom stereocenters. The minimum absolute atomic E-state index is 0.416. The summed E-state index contributed by atoms with van der Waals surface area (Å²) in [5.74, 6) is 0.926. The van der Waals surface area contributed by atoms with E-state index in [0.29, 0.717) is 6.04 Å². The van der Waals surface area contributed by atoms with Crippen molar-refractivity contribution in [3.8, 4) is 5.75 Å². The minimum Gasteiger partial charge on any atom is -0.497 e. The van der Waals surface area contributed by atoms with E-state index in [0.717, 1.165) is 25.4 Å². The van der Waals surface area contributed by atoms with Crippen LogP contribution in [0, 0.1) is 0 Å². The average Bonchev–Trinajstić information content (AvgIpc) is 2.30. The zero-order chi connectivity index (χ0) is 9.80. The number of hydrogen-bond acceptors (Lipinski definition) is 3. The van der Waals surface area contributed by atoms with Gasteiger partial charge in [0, 0.05) is 25.7 Å². The maximum absolute atomic E-state index is 5.20. The van der Waals surface area contributed by atoms with Crippen molar-refractivity contribution in [2.45, 2.75) is 6.04 Å². The van der Waals surface area contributed by atoms with Crippen molar-refractivity contribution in [2.24, 2.45) is 0 Å². The molecule has 1 saturated heterocycles. The molecule has 1 fully saturated rings. The number of hydrogen-bond donors (Lipinski definition) is 2. The van der Waals surface area contributed by atoms with E-state index in [1.54, 1.807) is 7.11 Å². The summed E-state index contributed by atoms with van der Waals surface area (Å²) in [5, 5.41) is 6.84. The smallest absolute Gasteiger partial charge is 0.119 e. The molecule has 0 saturated carbocycles. The van der Waals surface area contributed by atoms with Crippen LogP contribution in [0.3, 0.4) is 0 Å². The molecule has 1 heterocycles. The van der Waals surface area contributed by atoms with E-state index in [2.05, 4.69) is 22.8 Å². The summed E-state index contributed by atoms with van der Waals surface area (Å²) in [5.41, 5.74) is 1.29. The largest absolute Gasteiger partial charge is 0.497 e. The Bertz CT molecular complexity index is 295. The van der Waals surface area contributed by atoms with Crippen molar-refractivity contribution >= 4 is 0 Å². The van der Waals surface area contributed by atoms with Gasteiger partial charge >= 0.3 is 0 Å². The van der Waals surface area contributed by atoms with Crippen molar-refractivity contribution in [1.82, 2.24) is 10.6 Å². The Morgan fingerprint density at radius 2 is 2.29 bits per heavy atom. The molecule has 1 aromatic rings. The summed E-state index contributed by atoms with van der Waals surface area (Å²) >= 11 is 0. The second-order valence-electron chi connectivity index (χ2n) is 3.49. The highest BCUT2D eigenvalue weighted by atomic mass is 16.5. The van der Waals surface area contributed by atoms with Gasteiger partial charge in [-0.15, -0.1) is 0 Å². The predicted octanol–water partition coefficient (Wildman–Crippen LogP) is 0.929. The number of ether oxygens (including phenoxy) is 1. The number of nitrogens with one attached hydrogen (secondary N) is 2. The van der Waals surface area contributed by atoms with E-state index in [4.69, 9.17) is 4.74 Å². The first kappa shape index (κ1) is 9.49. The first-order valence-electron chi connectivity index (χ1n) is 4.98. The van der Waals surface area contributed by atoms with Crippen LogP contribution >= 0.6 is 0 Å². The summed E-state index contributed by atoms with van der Waals surface area (Å²) < 4.78 is 5.20. The molecular weight excluding hydrogens is 176 g/mol. The molecule has 0 amide bonds. The van der Waals surface area contributed by atoms with Gasteiger partial charge in [0.1, 0.15) is 5.75 Å². The molecule has 3 nitrogen and oxygen atoms in total. The van der Waals surface area contributed by atoms with Gasteiger partial charge in [-0.05, 0) is 17.7 Å². The Balaban J connectivity index is 2.13. The summed E-state index contributed by atoms with van der Waals surface area (Å²) in [4.78, 5) is 0. The van der Waals surface area contributed by atoms with Crippen LogP contribution in [0.5, 0.6) is 5.75 Å². The monoisotopic (exact) mass is 192 g/mol. The molecule has 1 unspecified atom stereocenters. The number of piperazine rings is 1. The first-order valence-corrected chi connectivity index (χ1v) is 4.98. The summed E-state index contributed by atoms with van der Waals surface area (Å²) in [6.45, 7) is 3.08. The van der Waals surface area contributed by atoms with Crippen LogP contribution < -0.4 is 15.4 Å². The molecule has 1 aromatic carbocycles. The number of methoxy groups -OCH3 is 1. The van der Waals surface area contributed by atoms with Gasteiger partial charge in [-0.25, -0.2) is 0 Å². The van der Waals surface area contributed by atoms with Gasteiger partial charge in [0.15, 0.2) is 0 Å². The Morgan fingerprint density at radius 3 is 3.00 bits per heavy atom. The summed E-state index contributed by atoms with van der Waals surface area (Å²) in [7, 11) is 1.70. The van der Waals surface area contributed by atoms with Crippen LogP contribution in [0.15, 0.2) is 24.3 Å². The zero-order valence-corrected chi connectivity index (χ0v) is 8.42. The van der Waals surface area contributed by atoms with Crippen LogP contribution in [0.2, 0.25) is 0 Å².